The van der Waals surface area contributed by atoms with Crippen molar-refractivity contribution in [2.24, 2.45) is 5.73 Å². The Kier molecular flexibility index (Phi) is 5.20. The molecular formula is C24H22FN5O2S. The molecule has 0 saturated carbocycles. The minimum Gasteiger partial charge on any atom is -0.365 e. The summed E-state index contributed by atoms with van der Waals surface area (Å²) in [4.78, 5) is 31.6. The molecule has 9 heteroatoms. The average Bonchev–Trinajstić information content (AvgIpc) is 3.31. The molecule has 2 aromatic carbocycles. The quantitative estimate of drug-likeness (QED) is 0.500. The highest BCUT2D eigenvalue weighted by Crippen LogP contribution is 2.30. The van der Waals surface area contributed by atoms with Crippen molar-refractivity contribution >= 4 is 33.4 Å². The standard InChI is InChI=1S/C24H22FN5O2S/c1-13-7-16(11-17(25)8-13)23-22(24(26)32)19-12-29(5-6-30(19)28-23)21(31)10-15-3-4-20-18(9-15)27-14(2)33-20/h3-4,7-9,11H,5-6,10,12H2,1-2H3,(H2,26,32). The van der Waals surface area contributed by atoms with Gasteiger partial charge in [-0.2, -0.15) is 5.10 Å². The summed E-state index contributed by atoms with van der Waals surface area (Å²) in [7, 11) is 0. The van der Waals surface area contributed by atoms with E-state index in [4.69, 9.17) is 5.73 Å². The fourth-order valence-electron chi connectivity index (χ4n) is 4.35. The van der Waals surface area contributed by atoms with Crippen molar-refractivity contribution < 1.29 is 14.0 Å². The lowest BCUT2D eigenvalue weighted by Gasteiger charge is -2.28. The molecular weight excluding hydrogens is 441 g/mol. The molecule has 1 aliphatic heterocycles. The van der Waals surface area contributed by atoms with Crippen molar-refractivity contribution in [2.45, 2.75) is 33.4 Å². The number of thiazole rings is 1. The molecule has 0 saturated heterocycles. The number of amides is 2. The minimum atomic E-state index is -0.646. The average molecular weight is 464 g/mol. The summed E-state index contributed by atoms with van der Waals surface area (Å²) < 4.78 is 16.8. The van der Waals surface area contributed by atoms with E-state index in [1.54, 1.807) is 33.9 Å². The Morgan fingerprint density at radius 2 is 1.97 bits per heavy atom. The number of rotatable bonds is 4. The van der Waals surface area contributed by atoms with Crippen LogP contribution in [-0.2, 0) is 24.3 Å². The summed E-state index contributed by atoms with van der Waals surface area (Å²) >= 11 is 1.62. The summed E-state index contributed by atoms with van der Waals surface area (Å²) in [6.07, 6.45) is 0.239. The number of carbonyl (C=O) groups excluding carboxylic acids is 2. The molecule has 5 rings (SSSR count). The third kappa shape index (κ3) is 4.00. The molecule has 0 radical (unpaired) electrons. The van der Waals surface area contributed by atoms with Crippen LogP contribution < -0.4 is 5.73 Å². The fraction of sp³-hybridized carbons (Fsp3) is 0.250. The normalized spacial score (nSPS) is 13.4. The summed E-state index contributed by atoms with van der Waals surface area (Å²) in [5.41, 5.74) is 9.85. The molecule has 0 atom stereocenters. The molecule has 0 bridgehead atoms. The number of halogens is 1. The van der Waals surface area contributed by atoms with Crippen molar-refractivity contribution in [3.63, 3.8) is 0 Å². The number of carbonyl (C=O) groups is 2. The maximum absolute atomic E-state index is 14.0. The molecule has 33 heavy (non-hydrogen) atoms. The van der Waals surface area contributed by atoms with Gasteiger partial charge >= 0.3 is 0 Å². The van der Waals surface area contributed by atoms with Crippen LogP contribution in [0.4, 0.5) is 4.39 Å². The number of hydrogen-bond donors (Lipinski definition) is 1. The van der Waals surface area contributed by atoms with Gasteiger partial charge in [0.05, 0.1) is 46.0 Å². The van der Waals surface area contributed by atoms with Crippen LogP contribution >= 0.6 is 11.3 Å². The smallest absolute Gasteiger partial charge is 0.252 e. The number of primary amides is 1. The molecule has 2 amide bonds. The largest absolute Gasteiger partial charge is 0.365 e. The number of nitrogens with two attached hydrogens (primary N) is 1. The monoisotopic (exact) mass is 463 g/mol. The SMILES string of the molecule is Cc1cc(F)cc(-c2nn3c(c2C(N)=O)CN(C(=O)Cc2ccc4sc(C)nc4c2)CC3)c1. The predicted octanol–water partition coefficient (Wildman–Crippen LogP) is 3.60. The first-order chi connectivity index (χ1) is 15.8. The lowest BCUT2D eigenvalue weighted by Crippen LogP contribution is -2.40. The first kappa shape index (κ1) is 21.3. The van der Waals surface area contributed by atoms with E-state index < -0.39 is 11.7 Å². The van der Waals surface area contributed by atoms with Crippen molar-refractivity contribution in [1.82, 2.24) is 19.7 Å². The number of aromatic nitrogens is 3. The number of hydrogen-bond acceptors (Lipinski definition) is 5. The number of nitrogens with zero attached hydrogens (tertiary/aromatic N) is 4. The van der Waals surface area contributed by atoms with Gasteiger partial charge in [0.15, 0.2) is 0 Å². The second-order valence-electron chi connectivity index (χ2n) is 8.30. The molecule has 0 unspecified atom stereocenters. The molecule has 0 aliphatic carbocycles. The Labute approximate surface area is 193 Å². The van der Waals surface area contributed by atoms with Crippen molar-refractivity contribution in [3.8, 4) is 11.3 Å². The van der Waals surface area contributed by atoms with E-state index in [1.807, 2.05) is 25.1 Å². The van der Waals surface area contributed by atoms with Gasteiger partial charge in [-0.05, 0) is 55.3 Å². The maximum Gasteiger partial charge on any atom is 0.252 e. The predicted molar refractivity (Wildman–Crippen MR) is 124 cm³/mol. The molecule has 3 heterocycles. The molecule has 4 aromatic rings. The zero-order chi connectivity index (χ0) is 23.3. The molecule has 0 spiro atoms. The Bertz CT molecular complexity index is 1400. The Hall–Kier alpha value is -3.59. The van der Waals surface area contributed by atoms with Crippen LogP contribution in [0.1, 0.15) is 32.2 Å². The Morgan fingerprint density at radius 1 is 1.15 bits per heavy atom. The third-order valence-electron chi connectivity index (χ3n) is 5.81. The van der Waals surface area contributed by atoms with E-state index in [0.717, 1.165) is 26.4 Å². The van der Waals surface area contributed by atoms with Crippen LogP contribution in [0.25, 0.3) is 21.5 Å². The zero-order valence-corrected chi connectivity index (χ0v) is 19.1. The van der Waals surface area contributed by atoms with Crippen LogP contribution in [0.2, 0.25) is 0 Å². The van der Waals surface area contributed by atoms with Crippen LogP contribution in [0.15, 0.2) is 36.4 Å². The van der Waals surface area contributed by atoms with Crippen molar-refractivity contribution in [3.05, 3.63) is 69.6 Å². The van der Waals surface area contributed by atoms with Gasteiger partial charge in [0.25, 0.3) is 5.91 Å². The van der Waals surface area contributed by atoms with E-state index in [2.05, 4.69) is 10.1 Å². The number of fused-ring (bicyclic) bond motifs is 2. The highest BCUT2D eigenvalue weighted by atomic mass is 32.1. The van der Waals surface area contributed by atoms with Gasteiger partial charge in [-0.25, -0.2) is 9.37 Å². The van der Waals surface area contributed by atoms with Gasteiger partial charge in [0.1, 0.15) is 11.5 Å². The van der Waals surface area contributed by atoms with Crippen molar-refractivity contribution in [2.75, 3.05) is 6.54 Å². The van der Waals surface area contributed by atoms with Crippen LogP contribution in [0.3, 0.4) is 0 Å². The fourth-order valence-corrected chi connectivity index (χ4v) is 5.16. The lowest BCUT2D eigenvalue weighted by molar-refractivity contribution is -0.132. The number of benzene rings is 2. The second kappa shape index (κ2) is 8.08. The van der Waals surface area contributed by atoms with E-state index in [-0.39, 0.29) is 24.4 Å². The van der Waals surface area contributed by atoms with E-state index in [1.165, 1.54) is 12.1 Å². The molecule has 168 valence electrons. The van der Waals surface area contributed by atoms with Crippen LogP contribution in [0.5, 0.6) is 0 Å². The topological polar surface area (TPSA) is 94.1 Å². The number of aryl methyl sites for hydroxylation is 2. The van der Waals surface area contributed by atoms with Crippen molar-refractivity contribution in [1.29, 1.82) is 0 Å². The maximum atomic E-state index is 14.0. The summed E-state index contributed by atoms with van der Waals surface area (Å²) in [5, 5.41) is 5.53. The van der Waals surface area contributed by atoms with Gasteiger partial charge < -0.3 is 10.6 Å². The van der Waals surface area contributed by atoms with E-state index in [9.17, 15) is 14.0 Å². The third-order valence-corrected chi connectivity index (χ3v) is 6.76. The molecule has 1 aliphatic rings. The Balaban J connectivity index is 1.43. The molecule has 7 nitrogen and oxygen atoms in total. The second-order valence-corrected chi connectivity index (χ2v) is 9.54. The zero-order valence-electron chi connectivity index (χ0n) is 18.3. The van der Waals surface area contributed by atoms with Gasteiger partial charge in [-0.15, -0.1) is 11.3 Å². The van der Waals surface area contributed by atoms with Gasteiger partial charge in [0, 0.05) is 12.1 Å². The highest BCUT2D eigenvalue weighted by Gasteiger charge is 2.29. The first-order valence-electron chi connectivity index (χ1n) is 10.6. The molecule has 2 N–H and O–H groups in total. The minimum absolute atomic E-state index is 0.0488. The molecule has 2 aromatic heterocycles. The summed E-state index contributed by atoms with van der Waals surface area (Å²) in [6, 6.07) is 10.4. The summed E-state index contributed by atoms with van der Waals surface area (Å²) in [5.74, 6) is -1.10. The Morgan fingerprint density at radius 3 is 2.73 bits per heavy atom. The van der Waals surface area contributed by atoms with E-state index >= 15 is 0 Å². The molecule has 0 fully saturated rings. The van der Waals surface area contributed by atoms with E-state index in [0.29, 0.717) is 30.0 Å². The van der Waals surface area contributed by atoms with Gasteiger partial charge in [-0.1, -0.05) is 6.07 Å². The highest BCUT2D eigenvalue weighted by molar-refractivity contribution is 7.18. The van der Waals surface area contributed by atoms with Gasteiger partial charge in [-0.3, -0.25) is 14.3 Å². The van der Waals surface area contributed by atoms with Crippen LogP contribution in [-0.4, -0.2) is 38.0 Å². The summed E-state index contributed by atoms with van der Waals surface area (Å²) in [6.45, 7) is 4.85. The van der Waals surface area contributed by atoms with Gasteiger partial charge in [0.2, 0.25) is 5.91 Å². The first-order valence-corrected chi connectivity index (χ1v) is 11.4. The van der Waals surface area contributed by atoms with Crippen LogP contribution in [0, 0.1) is 19.7 Å². The lowest BCUT2D eigenvalue weighted by atomic mass is 10.0.